The largest absolute Gasteiger partial charge is 0.420 e. The molecule has 0 fully saturated rings. The Labute approximate surface area is 83.3 Å². The average molecular weight is 198 g/mol. The van der Waals surface area contributed by atoms with E-state index in [1.807, 2.05) is 7.11 Å². The normalized spacial score (nSPS) is 23.5. The lowest BCUT2D eigenvalue weighted by Gasteiger charge is -2.24. The summed E-state index contributed by atoms with van der Waals surface area (Å²) in [7, 11) is 0.583. The van der Waals surface area contributed by atoms with Gasteiger partial charge in [0.1, 0.15) is 0 Å². The van der Waals surface area contributed by atoms with Crippen LogP contribution in [0.5, 0.6) is 0 Å². The van der Waals surface area contributed by atoms with E-state index in [0.29, 0.717) is 0 Å². The lowest BCUT2D eigenvalue weighted by Crippen LogP contribution is -2.29. The van der Waals surface area contributed by atoms with Crippen LogP contribution >= 0.6 is 0 Å². The van der Waals surface area contributed by atoms with E-state index in [9.17, 15) is 0 Å². The number of rotatable bonds is 4. The van der Waals surface area contributed by atoms with Crippen molar-refractivity contribution in [3.05, 3.63) is 12.2 Å². The second kappa shape index (κ2) is 4.96. The molecule has 0 aliphatic heterocycles. The molecule has 0 aromatic rings. The SMILES string of the molecule is CO[Si](C)(C)CCC1CC=CCC1. The van der Waals surface area contributed by atoms with E-state index in [4.69, 9.17) is 4.43 Å². The van der Waals surface area contributed by atoms with E-state index in [1.54, 1.807) is 0 Å². The smallest absolute Gasteiger partial charge is 0.186 e. The van der Waals surface area contributed by atoms with Crippen LogP contribution in [0.3, 0.4) is 0 Å². The first-order valence-electron chi connectivity index (χ1n) is 5.34. The van der Waals surface area contributed by atoms with Gasteiger partial charge in [-0.3, -0.25) is 0 Å². The Morgan fingerprint density at radius 3 is 2.69 bits per heavy atom. The predicted octanol–water partition coefficient (Wildman–Crippen LogP) is 3.58. The van der Waals surface area contributed by atoms with E-state index in [1.165, 1.54) is 31.7 Å². The first-order valence-corrected chi connectivity index (χ1v) is 8.46. The molecule has 0 spiro atoms. The Kier molecular flexibility index (Phi) is 4.20. The van der Waals surface area contributed by atoms with E-state index in [0.717, 1.165) is 5.92 Å². The summed E-state index contributed by atoms with van der Waals surface area (Å²) in [6.45, 7) is 4.62. The summed E-state index contributed by atoms with van der Waals surface area (Å²) in [5.74, 6) is 0.937. The van der Waals surface area contributed by atoms with Gasteiger partial charge in [-0.15, -0.1) is 0 Å². The van der Waals surface area contributed by atoms with Crippen molar-refractivity contribution in [3.8, 4) is 0 Å². The Morgan fingerprint density at radius 1 is 1.38 bits per heavy atom. The minimum Gasteiger partial charge on any atom is -0.420 e. The van der Waals surface area contributed by atoms with Crippen LogP contribution in [0.25, 0.3) is 0 Å². The zero-order chi connectivity index (χ0) is 9.73. The molecule has 1 atom stereocenters. The first-order chi connectivity index (χ1) is 6.14. The van der Waals surface area contributed by atoms with Crippen LogP contribution in [0.1, 0.15) is 25.7 Å². The summed E-state index contributed by atoms with van der Waals surface area (Å²) in [5.41, 5.74) is 0. The zero-order valence-corrected chi connectivity index (χ0v) is 10.2. The molecule has 2 heteroatoms. The number of hydrogen-bond acceptors (Lipinski definition) is 1. The molecule has 0 saturated heterocycles. The van der Waals surface area contributed by atoms with Crippen LogP contribution in [0.2, 0.25) is 19.1 Å². The van der Waals surface area contributed by atoms with Crippen molar-refractivity contribution < 1.29 is 4.43 Å². The van der Waals surface area contributed by atoms with Gasteiger partial charge in [0.05, 0.1) is 0 Å². The maximum atomic E-state index is 5.55. The maximum absolute atomic E-state index is 5.55. The van der Waals surface area contributed by atoms with Gasteiger partial charge in [0.15, 0.2) is 8.32 Å². The molecule has 0 heterocycles. The lowest BCUT2D eigenvalue weighted by atomic mass is 9.92. The second-order valence-electron chi connectivity index (χ2n) is 4.65. The van der Waals surface area contributed by atoms with Crippen molar-refractivity contribution in [2.45, 2.75) is 44.8 Å². The van der Waals surface area contributed by atoms with Crippen LogP contribution in [0, 0.1) is 5.92 Å². The summed E-state index contributed by atoms with van der Waals surface area (Å²) >= 11 is 0. The topological polar surface area (TPSA) is 9.23 Å². The van der Waals surface area contributed by atoms with Crippen molar-refractivity contribution in [2.24, 2.45) is 5.92 Å². The molecule has 0 N–H and O–H groups in total. The Bertz CT molecular complexity index is 175. The molecule has 0 bridgehead atoms. The van der Waals surface area contributed by atoms with E-state index in [-0.39, 0.29) is 0 Å². The molecule has 1 nitrogen and oxygen atoms in total. The zero-order valence-electron chi connectivity index (χ0n) is 9.18. The monoisotopic (exact) mass is 198 g/mol. The molecule has 0 aromatic carbocycles. The lowest BCUT2D eigenvalue weighted by molar-refractivity contribution is 0.388. The Morgan fingerprint density at radius 2 is 2.15 bits per heavy atom. The summed E-state index contributed by atoms with van der Waals surface area (Å²) < 4.78 is 5.55. The molecule has 0 saturated carbocycles. The highest BCUT2D eigenvalue weighted by Crippen LogP contribution is 2.26. The summed E-state index contributed by atoms with van der Waals surface area (Å²) in [5, 5.41) is 0. The van der Waals surface area contributed by atoms with Gasteiger partial charge < -0.3 is 4.43 Å². The van der Waals surface area contributed by atoms with Crippen molar-refractivity contribution in [3.63, 3.8) is 0 Å². The minimum atomic E-state index is -1.29. The van der Waals surface area contributed by atoms with E-state index >= 15 is 0 Å². The second-order valence-corrected chi connectivity index (χ2v) is 9.08. The molecule has 13 heavy (non-hydrogen) atoms. The van der Waals surface area contributed by atoms with Crippen molar-refractivity contribution in [1.82, 2.24) is 0 Å². The molecule has 0 aromatic heterocycles. The van der Waals surface area contributed by atoms with Crippen molar-refractivity contribution in [1.29, 1.82) is 0 Å². The third kappa shape index (κ3) is 4.10. The molecule has 0 radical (unpaired) electrons. The minimum absolute atomic E-state index is 0.937. The fourth-order valence-corrected chi connectivity index (χ4v) is 3.08. The van der Waals surface area contributed by atoms with Crippen LogP contribution in [0.4, 0.5) is 0 Å². The van der Waals surface area contributed by atoms with Gasteiger partial charge in [-0.25, -0.2) is 0 Å². The van der Waals surface area contributed by atoms with Crippen molar-refractivity contribution >= 4 is 8.32 Å². The Hall–Kier alpha value is -0.0831. The van der Waals surface area contributed by atoms with Crippen LogP contribution < -0.4 is 0 Å². The van der Waals surface area contributed by atoms with Gasteiger partial charge >= 0.3 is 0 Å². The van der Waals surface area contributed by atoms with Crippen LogP contribution in [-0.4, -0.2) is 15.4 Å². The van der Waals surface area contributed by atoms with Crippen LogP contribution in [0.15, 0.2) is 12.2 Å². The summed E-state index contributed by atoms with van der Waals surface area (Å²) in [4.78, 5) is 0. The predicted molar refractivity (Wildman–Crippen MR) is 60.4 cm³/mol. The van der Waals surface area contributed by atoms with Gasteiger partial charge in [0.2, 0.25) is 0 Å². The van der Waals surface area contributed by atoms with E-state index < -0.39 is 8.32 Å². The third-order valence-corrected chi connectivity index (χ3v) is 5.68. The van der Waals surface area contributed by atoms with Crippen LogP contribution in [-0.2, 0) is 4.43 Å². The first kappa shape index (κ1) is 11.0. The number of allylic oxidation sites excluding steroid dienone is 2. The highest BCUT2D eigenvalue weighted by atomic mass is 28.4. The molecular formula is C11H22OSi. The highest BCUT2D eigenvalue weighted by Gasteiger charge is 2.22. The van der Waals surface area contributed by atoms with Gasteiger partial charge in [-0.2, -0.15) is 0 Å². The molecule has 1 aliphatic carbocycles. The van der Waals surface area contributed by atoms with Gasteiger partial charge in [-0.05, 0) is 44.3 Å². The maximum Gasteiger partial charge on any atom is 0.186 e. The van der Waals surface area contributed by atoms with Gasteiger partial charge in [0, 0.05) is 7.11 Å². The standard InChI is InChI=1S/C11H22OSi/c1-12-13(2,3)10-9-11-7-5-4-6-8-11/h4-5,11H,6-10H2,1-3H3. The van der Waals surface area contributed by atoms with Gasteiger partial charge in [-0.1, -0.05) is 18.6 Å². The summed E-state index contributed by atoms with van der Waals surface area (Å²) in [6.07, 6.45) is 10.0. The highest BCUT2D eigenvalue weighted by molar-refractivity contribution is 6.71. The molecule has 0 amide bonds. The summed E-state index contributed by atoms with van der Waals surface area (Å²) in [6, 6.07) is 1.32. The fraction of sp³-hybridized carbons (Fsp3) is 0.818. The van der Waals surface area contributed by atoms with Gasteiger partial charge in [0.25, 0.3) is 0 Å². The molecule has 1 rings (SSSR count). The van der Waals surface area contributed by atoms with Crippen molar-refractivity contribution in [2.75, 3.05) is 7.11 Å². The van der Waals surface area contributed by atoms with E-state index in [2.05, 4.69) is 25.2 Å². The molecule has 1 unspecified atom stereocenters. The fourth-order valence-electron chi connectivity index (χ4n) is 1.77. The molecule has 1 aliphatic rings. The third-order valence-electron chi connectivity index (χ3n) is 3.08. The Balaban J connectivity index is 2.22. The molecule has 76 valence electrons. The molecular weight excluding hydrogens is 176 g/mol. The quantitative estimate of drug-likeness (QED) is 0.495. The average Bonchev–Trinajstić information content (AvgIpc) is 2.17. The number of hydrogen-bond donors (Lipinski definition) is 0.